The van der Waals surface area contributed by atoms with E-state index in [0.717, 1.165) is 45.0 Å². The van der Waals surface area contributed by atoms with Crippen LogP contribution in [0.4, 0.5) is 18.9 Å². The lowest BCUT2D eigenvalue weighted by Crippen LogP contribution is -2.43. The van der Waals surface area contributed by atoms with E-state index >= 15 is 0 Å². The van der Waals surface area contributed by atoms with E-state index in [-0.39, 0.29) is 29.2 Å². The summed E-state index contributed by atoms with van der Waals surface area (Å²) in [5.41, 5.74) is 6.48. The van der Waals surface area contributed by atoms with Gasteiger partial charge in [0, 0.05) is 25.1 Å². The molecule has 0 radical (unpaired) electrons. The second-order valence-electron chi connectivity index (χ2n) is 9.07. The van der Waals surface area contributed by atoms with Crippen LogP contribution in [0.3, 0.4) is 0 Å². The Bertz CT molecular complexity index is 1610. The number of carboxylic acids is 1. The van der Waals surface area contributed by atoms with Gasteiger partial charge in [0.2, 0.25) is 0 Å². The van der Waals surface area contributed by atoms with Crippen molar-refractivity contribution in [3.05, 3.63) is 93.8 Å². The number of aromatic nitrogens is 1. The smallest absolute Gasteiger partial charge is 0.416 e. The molecule has 196 valence electrons. The SMILES string of the molecule is CCN1CC(C(=O)O)n2c(c(-c3cccc(C(F)(F)F)c3)c(Cc3cccc4ccccc34)c(N)c2=O)S1. The Morgan fingerprint density at radius 3 is 2.53 bits per heavy atom. The van der Waals surface area contributed by atoms with Crippen molar-refractivity contribution in [2.45, 2.75) is 30.6 Å². The highest BCUT2D eigenvalue weighted by Gasteiger charge is 2.36. The predicted molar refractivity (Wildman–Crippen MR) is 142 cm³/mol. The van der Waals surface area contributed by atoms with Crippen LogP contribution in [0.2, 0.25) is 0 Å². The van der Waals surface area contributed by atoms with Gasteiger partial charge in [0.15, 0.2) is 0 Å². The van der Waals surface area contributed by atoms with E-state index < -0.39 is 29.3 Å². The maximum absolute atomic E-state index is 13.7. The summed E-state index contributed by atoms with van der Waals surface area (Å²) >= 11 is 1.16. The van der Waals surface area contributed by atoms with E-state index in [0.29, 0.717) is 17.7 Å². The highest BCUT2D eigenvalue weighted by Crippen LogP contribution is 2.44. The van der Waals surface area contributed by atoms with Gasteiger partial charge >= 0.3 is 12.1 Å². The standard InChI is InChI=1S/C28H24F3N3O3S/c1-2-33-15-22(27(36)37)34-25(35)24(32)21(14-17-9-5-8-16-7-3-4-12-20(16)17)23(26(34)38-33)18-10-6-11-19(13-18)28(29,30)31/h3-13,22H,2,14-15,32H2,1H3,(H,36,37). The summed E-state index contributed by atoms with van der Waals surface area (Å²) in [7, 11) is 0. The molecule has 0 bridgehead atoms. The lowest BCUT2D eigenvalue weighted by atomic mass is 9.92. The number of fused-ring (bicyclic) bond motifs is 2. The minimum atomic E-state index is -4.59. The molecule has 4 aromatic rings. The van der Waals surface area contributed by atoms with Gasteiger partial charge in [-0.1, -0.05) is 61.5 Å². The zero-order chi connectivity index (χ0) is 27.2. The van der Waals surface area contributed by atoms with Crippen LogP contribution in [0.25, 0.3) is 21.9 Å². The van der Waals surface area contributed by atoms with Crippen molar-refractivity contribution in [2.24, 2.45) is 0 Å². The molecule has 1 aliphatic rings. The van der Waals surface area contributed by atoms with E-state index in [9.17, 15) is 27.9 Å². The van der Waals surface area contributed by atoms with Crippen molar-refractivity contribution >= 4 is 34.4 Å². The number of carbonyl (C=O) groups is 1. The monoisotopic (exact) mass is 539 g/mol. The zero-order valence-electron chi connectivity index (χ0n) is 20.3. The molecule has 5 rings (SSSR count). The third kappa shape index (κ3) is 4.54. The number of hydrogen-bond donors (Lipinski definition) is 2. The largest absolute Gasteiger partial charge is 0.480 e. The summed E-state index contributed by atoms with van der Waals surface area (Å²) in [6.45, 7) is 2.36. The Labute approximate surface area is 220 Å². The summed E-state index contributed by atoms with van der Waals surface area (Å²) < 4.78 is 44.0. The van der Waals surface area contributed by atoms with E-state index in [1.54, 1.807) is 4.31 Å². The average molecular weight is 540 g/mol. The van der Waals surface area contributed by atoms with Gasteiger partial charge in [-0.3, -0.25) is 9.36 Å². The van der Waals surface area contributed by atoms with E-state index in [1.165, 1.54) is 12.1 Å². The lowest BCUT2D eigenvalue weighted by molar-refractivity contribution is -0.141. The van der Waals surface area contributed by atoms with Crippen molar-refractivity contribution in [3.63, 3.8) is 0 Å². The van der Waals surface area contributed by atoms with Gasteiger partial charge in [-0.05, 0) is 51.5 Å². The van der Waals surface area contributed by atoms with E-state index in [4.69, 9.17) is 5.73 Å². The van der Waals surface area contributed by atoms with Crippen molar-refractivity contribution in [1.29, 1.82) is 0 Å². The number of benzene rings is 3. The first-order valence-electron chi connectivity index (χ1n) is 12.0. The molecule has 38 heavy (non-hydrogen) atoms. The topological polar surface area (TPSA) is 88.6 Å². The number of likely N-dealkylation sites (N-methyl/N-ethyl adjacent to an activating group) is 1. The van der Waals surface area contributed by atoms with Gasteiger partial charge in [-0.15, -0.1) is 0 Å². The Morgan fingerprint density at radius 1 is 1.11 bits per heavy atom. The number of nitrogens with two attached hydrogens (primary N) is 1. The second kappa shape index (κ2) is 9.85. The Balaban J connectivity index is 1.84. The third-order valence-corrected chi connectivity index (χ3v) is 8.02. The minimum absolute atomic E-state index is 0.0492. The first kappa shape index (κ1) is 25.9. The van der Waals surface area contributed by atoms with Gasteiger partial charge in [-0.2, -0.15) is 13.2 Å². The highest BCUT2D eigenvalue weighted by molar-refractivity contribution is 7.97. The molecule has 1 aromatic heterocycles. The molecule has 1 unspecified atom stereocenters. The van der Waals surface area contributed by atoms with Crippen LogP contribution in [0.1, 0.15) is 29.7 Å². The van der Waals surface area contributed by atoms with Crippen molar-refractivity contribution in [1.82, 2.24) is 8.87 Å². The van der Waals surface area contributed by atoms with E-state index in [2.05, 4.69) is 0 Å². The molecule has 3 aromatic carbocycles. The fourth-order valence-corrected chi connectivity index (χ4v) is 6.11. The summed E-state index contributed by atoms with van der Waals surface area (Å²) in [5.74, 6) is -1.22. The quantitative estimate of drug-likeness (QED) is 0.311. The zero-order valence-corrected chi connectivity index (χ0v) is 21.1. The number of rotatable bonds is 5. The molecule has 0 spiro atoms. The number of anilines is 1. The number of hydrogen-bond acceptors (Lipinski definition) is 5. The molecule has 10 heteroatoms. The number of halogens is 3. The van der Waals surface area contributed by atoms with Gasteiger partial charge in [-0.25, -0.2) is 9.10 Å². The molecule has 1 aliphatic heterocycles. The molecule has 1 atom stereocenters. The number of aliphatic carboxylic acids is 1. The fourth-order valence-electron chi connectivity index (χ4n) is 4.89. The maximum atomic E-state index is 13.7. The Morgan fingerprint density at radius 2 is 1.82 bits per heavy atom. The maximum Gasteiger partial charge on any atom is 0.416 e. The summed E-state index contributed by atoms with van der Waals surface area (Å²) in [6, 6.07) is 17.0. The first-order valence-corrected chi connectivity index (χ1v) is 12.7. The van der Waals surface area contributed by atoms with Gasteiger partial charge in [0.05, 0.1) is 5.56 Å². The first-order chi connectivity index (χ1) is 18.1. The third-order valence-electron chi connectivity index (χ3n) is 6.78. The number of alkyl halides is 3. The normalized spacial score (nSPS) is 15.9. The van der Waals surface area contributed by atoms with E-state index in [1.807, 2.05) is 49.4 Å². The Hall–Kier alpha value is -3.76. The molecule has 0 aliphatic carbocycles. The molecular formula is C28H24F3N3O3S. The molecule has 0 saturated heterocycles. The summed E-state index contributed by atoms with van der Waals surface area (Å²) in [6.07, 6.45) is -4.42. The van der Waals surface area contributed by atoms with Crippen molar-refractivity contribution < 1.29 is 23.1 Å². The van der Waals surface area contributed by atoms with Gasteiger partial charge in [0.25, 0.3) is 5.56 Å². The van der Waals surface area contributed by atoms with Crippen LogP contribution in [-0.2, 0) is 17.4 Å². The van der Waals surface area contributed by atoms with Gasteiger partial charge < -0.3 is 10.8 Å². The van der Waals surface area contributed by atoms with Crippen LogP contribution in [0.5, 0.6) is 0 Å². The summed E-state index contributed by atoms with van der Waals surface area (Å²) in [5, 5.41) is 12.1. The molecule has 0 amide bonds. The number of carboxylic acid groups (broad SMARTS) is 1. The molecule has 0 fully saturated rings. The molecular weight excluding hydrogens is 515 g/mol. The lowest BCUT2D eigenvalue weighted by Gasteiger charge is -2.34. The average Bonchev–Trinajstić information content (AvgIpc) is 2.90. The van der Waals surface area contributed by atoms with Crippen LogP contribution in [-0.4, -0.2) is 33.0 Å². The van der Waals surface area contributed by atoms with Crippen LogP contribution >= 0.6 is 11.9 Å². The van der Waals surface area contributed by atoms with Crippen LogP contribution in [0.15, 0.2) is 76.6 Å². The summed E-state index contributed by atoms with van der Waals surface area (Å²) in [4.78, 5) is 25.8. The highest BCUT2D eigenvalue weighted by atomic mass is 32.2. The van der Waals surface area contributed by atoms with Gasteiger partial charge in [0.1, 0.15) is 16.8 Å². The Kier molecular flexibility index (Phi) is 6.70. The number of nitrogen functional groups attached to an aromatic ring is 1. The van der Waals surface area contributed by atoms with Crippen LogP contribution in [0, 0.1) is 0 Å². The predicted octanol–water partition coefficient (Wildman–Crippen LogP) is 5.83. The molecule has 3 N–H and O–H groups in total. The molecule has 0 saturated carbocycles. The van der Waals surface area contributed by atoms with Crippen LogP contribution < -0.4 is 11.3 Å². The van der Waals surface area contributed by atoms with Crippen molar-refractivity contribution in [3.8, 4) is 11.1 Å². The number of pyridine rings is 1. The minimum Gasteiger partial charge on any atom is -0.480 e. The molecule has 2 heterocycles. The number of nitrogens with zero attached hydrogens (tertiary/aromatic N) is 2. The fraction of sp³-hybridized carbons (Fsp3) is 0.214. The van der Waals surface area contributed by atoms with Crippen molar-refractivity contribution in [2.75, 3.05) is 18.8 Å². The second-order valence-corrected chi connectivity index (χ2v) is 10.2. The molecule has 6 nitrogen and oxygen atoms in total.